The third-order valence-electron chi connectivity index (χ3n) is 2.26. The second-order valence-electron chi connectivity index (χ2n) is 3.84. The zero-order chi connectivity index (χ0) is 14.4. The van der Waals surface area contributed by atoms with Crippen LogP contribution < -0.4 is 21.5 Å². The minimum atomic E-state index is -1.06. The Bertz CT molecular complexity index is 479. The summed E-state index contributed by atoms with van der Waals surface area (Å²) in [6.45, 7) is 2.07. The average Bonchev–Trinajstić information content (AvgIpc) is 2.32. The molecule has 0 fully saturated rings. The first-order valence-electron chi connectivity index (χ1n) is 5.71. The van der Waals surface area contributed by atoms with Crippen LogP contribution in [0.5, 0.6) is 5.75 Å². The zero-order valence-corrected chi connectivity index (χ0v) is 10.5. The van der Waals surface area contributed by atoms with Gasteiger partial charge < -0.3 is 21.5 Å². The third-order valence-corrected chi connectivity index (χ3v) is 2.26. The van der Waals surface area contributed by atoms with Gasteiger partial charge in [0.05, 0.1) is 19.1 Å². The maximum atomic E-state index is 13.5. The molecular formula is C12H16FN3O3. The van der Waals surface area contributed by atoms with Gasteiger partial charge in [-0.15, -0.1) is 0 Å². The van der Waals surface area contributed by atoms with E-state index in [2.05, 4.69) is 5.32 Å². The van der Waals surface area contributed by atoms with Gasteiger partial charge in [-0.1, -0.05) is 0 Å². The number of hydrogen-bond acceptors (Lipinski definition) is 4. The van der Waals surface area contributed by atoms with E-state index in [1.54, 1.807) is 6.92 Å². The van der Waals surface area contributed by atoms with E-state index in [9.17, 15) is 14.0 Å². The van der Waals surface area contributed by atoms with Gasteiger partial charge >= 0.3 is 0 Å². The first-order chi connectivity index (χ1) is 8.93. The van der Waals surface area contributed by atoms with E-state index < -0.39 is 23.7 Å². The molecule has 19 heavy (non-hydrogen) atoms. The lowest BCUT2D eigenvalue weighted by atomic mass is 10.2. The van der Waals surface area contributed by atoms with Crippen molar-refractivity contribution in [2.24, 2.45) is 11.5 Å². The fourth-order valence-corrected chi connectivity index (χ4v) is 1.40. The number of benzene rings is 1. The molecule has 0 aromatic heterocycles. The van der Waals surface area contributed by atoms with Crippen LogP contribution in [0.15, 0.2) is 18.2 Å². The normalized spacial score (nSPS) is 11.7. The maximum Gasteiger partial charge on any atom is 0.241 e. The summed E-state index contributed by atoms with van der Waals surface area (Å²) >= 11 is 0. The molecule has 7 heteroatoms. The molecular weight excluding hydrogens is 253 g/mol. The average molecular weight is 269 g/mol. The number of nitrogens with one attached hydrogen (secondary N) is 1. The summed E-state index contributed by atoms with van der Waals surface area (Å²) in [6.07, 6.45) is -0.272. The van der Waals surface area contributed by atoms with E-state index in [1.165, 1.54) is 12.1 Å². The van der Waals surface area contributed by atoms with E-state index in [4.69, 9.17) is 16.2 Å². The lowest BCUT2D eigenvalue weighted by Gasteiger charge is -2.11. The van der Waals surface area contributed by atoms with E-state index >= 15 is 0 Å². The van der Waals surface area contributed by atoms with Gasteiger partial charge in [0.15, 0.2) is 11.6 Å². The van der Waals surface area contributed by atoms with Crippen molar-refractivity contribution in [3.8, 4) is 5.75 Å². The molecule has 0 radical (unpaired) electrons. The van der Waals surface area contributed by atoms with E-state index in [-0.39, 0.29) is 17.9 Å². The predicted molar refractivity (Wildman–Crippen MR) is 68.0 cm³/mol. The number of amides is 2. The SMILES string of the molecule is CCOc1ccc(NC(=O)C(N)CC(N)=O)cc1F. The Morgan fingerprint density at radius 1 is 1.47 bits per heavy atom. The summed E-state index contributed by atoms with van der Waals surface area (Å²) in [5, 5.41) is 2.39. The largest absolute Gasteiger partial charge is 0.491 e. The highest BCUT2D eigenvalue weighted by Gasteiger charge is 2.16. The Balaban J connectivity index is 2.69. The van der Waals surface area contributed by atoms with Crippen LogP contribution >= 0.6 is 0 Å². The fourth-order valence-electron chi connectivity index (χ4n) is 1.40. The van der Waals surface area contributed by atoms with Crippen molar-refractivity contribution < 1.29 is 18.7 Å². The first-order valence-corrected chi connectivity index (χ1v) is 5.71. The van der Waals surface area contributed by atoms with Crippen molar-refractivity contribution in [3.05, 3.63) is 24.0 Å². The topological polar surface area (TPSA) is 107 Å². The highest BCUT2D eigenvalue weighted by atomic mass is 19.1. The molecule has 0 aliphatic carbocycles. The van der Waals surface area contributed by atoms with Gasteiger partial charge in [0, 0.05) is 11.8 Å². The lowest BCUT2D eigenvalue weighted by Crippen LogP contribution is -2.39. The standard InChI is InChI=1S/C12H16FN3O3/c1-2-19-10-4-3-7(5-8(10)13)16-12(18)9(14)6-11(15)17/h3-5,9H,2,6,14H2,1H3,(H2,15,17)(H,16,18). The number of nitrogens with two attached hydrogens (primary N) is 2. The fraction of sp³-hybridized carbons (Fsp3) is 0.333. The van der Waals surface area contributed by atoms with Gasteiger partial charge in [0.1, 0.15) is 0 Å². The van der Waals surface area contributed by atoms with Crippen LogP contribution in [-0.2, 0) is 9.59 Å². The third kappa shape index (κ3) is 4.55. The second-order valence-corrected chi connectivity index (χ2v) is 3.84. The second kappa shape index (κ2) is 6.69. The Morgan fingerprint density at radius 3 is 2.68 bits per heavy atom. The number of carbonyl (C=O) groups is 2. The molecule has 0 aliphatic heterocycles. The maximum absolute atomic E-state index is 13.5. The number of carbonyl (C=O) groups excluding carboxylic acids is 2. The Kier molecular flexibility index (Phi) is 5.25. The Morgan fingerprint density at radius 2 is 2.16 bits per heavy atom. The molecule has 1 aromatic rings. The highest BCUT2D eigenvalue weighted by molar-refractivity contribution is 5.97. The number of primary amides is 1. The summed E-state index contributed by atoms with van der Waals surface area (Å²) in [5.74, 6) is -1.78. The van der Waals surface area contributed by atoms with Gasteiger partial charge in [-0.05, 0) is 19.1 Å². The molecule has 0 saturated heterocycles. The minimum Gasteiger partial charge on any atom is -0.491 e. The number of anilines is 1. The monoisotopic (exact) mass is 269 g/mol. The van der Waals surface area contributed by atoms with Gasteiger partial charge in [0.25, 0.3) is 0 Å². The molecule has 1 unspecified atom stereocenters. The number of hydrogen-bond donors (Lipinski definition) is 3. The molecule has 0 saturated carbocycles. The summed E-state index contributed by atoms with van der Waals surface area (Å²) in [5.41, 5.74) is 10.6. The van der Waals surface area contributed by atoms with Crippen LogP contribution in [-0.4, -0.2) is 24.5 Å². The van der Waals surface area contributed by atoms with Crippen LogP contribution in [0.25, 0.3) is 0 Å². The molecule has 1 rings (SSSR count). The van der Waals surface area contributed by atoms with Crippen LogP contribution in [0.1, 0.15) is 13.3 Å². The molecule has 0 bridgehead atoms. The summed E-state index contributed by atoms with van der Waals surface area (Å²) < 4.78 is 18.5. The summed E-state index contributed by atoms with van der Waals surface area (Å²) in [6, 6.07) is 2.92. The van der Waals surface area contributed by atoms with Crippen LogP contribution in [0.4, 0.5) is 10.1 Å². The van der Waals surface area contributed by atoms with Gasteiger partial charge in [0.2, 0.25) is 11.8 Å². The highest BCUT2D eigenvalue weighted by Crippen LogP contribution is 2.21. The van der Waals surface area contributed by atoms with Gasteiger partial charge in [-0.3, -0.25) is 9.59 Å². The van der Waals surface area contributed by atoms with E-state index in [1.807, 2.05) is 0 Å². The molecule has 0 spiro atoms. The zero-order valence-electron chi connectivity index (χ0n) is 10.5. The van der Waals surface area contributed by atoms with Crippen LogP contribution in [0.2, 0.25) is 0 Å². The van der Waals surface area contributed by atoms with Gasteiger partial charge in [-0.2, -0.15) is 0 Å². The van der Waals surface area contributed by atoms with E-state index in [0.29, 0.717) is 6.61 Å². The molecule has 1 atom stereocenters. The molecule has 5 N–H and O–H groups in total. The molecule has 0 aliphatic rings. The Labute approximate surface area is 109 Å². The van der Waals surface area contributed by atoms with Crippen LogP contribution in [0, 0.1) is 5.82 Å². The summed E-state index contributed by atoms with van der Waals surface area (Å²) in [4.78, 5) is 22.2. The first kappa shape index (κ1) is 14.9. The van der Waals surface area contributed by atoms with Crippen molar-refractivity contribution in [2.75, 3.05) is 11.9 Å². The molecule has 0 heterocycles. The van der Waals surface area contributed by atoms with Crippen molar-refractivity contribution in [2.45, 2.75) is 19.4 Å². The molecule has 6 nitrogen and oxygen atoms in total. The Hall–Kier alpha value is -2.15. The van der Waals surface area contributed by atoms with Crippen LogP contribution in [0.3, 0.4) is 0 Å². The molecule has 104 valence electrons. The van der Waals surface area contributed by atoms with Gasteiger partial charge in [-0.25, -0.2) is 4.39 Å². The van der Waals surface area contributed by atoms with Crippen molar-refractivity contribution in [1.82, 2.24) is 0 Å². The predicted octanol–water partition coefficient (Wildman–Crippen LogP) is 0.366. The molecule has 2 amide bonds. The van der Waals surface area contributed by atoms with Crippen molar-refractivity contribution in [1.29, 1.82) is 0 Å². The summed E-state index contributed by atoms with van der Waals surface area (Å²) in [7, 11) is 0. The minimum absolute atomic E-state index is 0.0990. The van der Waals surface area contributed by atoms with Crippen molar-refractivity contribution in [3.63, 3.8) is 0 Å². The number of halogens is 1. The molecule has 1 aromatic carbocycles. The quantitative estimate of drug-likeness (QED) is 0.693. The van der Waals surface area contributed by atoms with E-state index in [0.717, 1.165) is 6.07 Å². The lowest BCUT2D eigenvalue weighted by molar-refractivity contribution is -0.123. The smallest absolute Gasteiger partial charge is 0.241 e. The number of ether oxygens (including phenoxy) is 1. The van der Waals surface area contributed by atoms with Crippen molar-refractivity contribution >= 4 is 17.5 Å². The number of rotatable bonds is 6.